The van der Waals surface area contributed by atoms with E-state index in [1.807, 2.05) is 36.1 Å². The lowest BCUT2D eigenvalue weighted by molar-refractivity contribution is 0.172. The molecule has 2 amide bonds. The molecule has 5 heteroatoms. The zero-order valence-electron chi connectivity index (χ0n) is 14.8. The van der Waals surface area contributed by atoms with Gasteiger partial charge in [-0.1, -0.05) is 18.2 Å². The molecule has 3 rings (SSSR count). The lowest BCUT2D eigenvalue weighted by atomic mass is 10.1. The second kappa shape index (κ2) is 7.88. The Morgan fingerprint density at radius 2 is 2.00 bits per heavy atom. The van der Waals surface area contributed by atoms with Gasteiger partial charge >= 0.3 is 6.03 Å². The quantitative estimate of drug-likeness (QED) is 0.902. The van der Waals surface area contributed by atoms with Gasteiger partial charge in [-0.3, -0.25) is 0 Å². The van der Waals surface area contributed by atoms with E-state index in [1.165, 1.54) is 25.9 Å². The monoisotopic (exact) mass is 331 g/mol. The fourth-order valence-corrected chi connectivity index (χ4v) is 3.93. The molecule has 1 N–H and O–H groups in total. The SMILES string of the molecule is COc1ccccc1[C@H](C)NC(=O)N1CCC[C@H]1CN1CCCC1. The summed E-state index contributed by atoms with van der Waals surface area (Å²) in [6, 6.07) is 8.21. The molecule has 2 atom stereocenters. The number of nitrogens with one attached hydrogen (secondary N) is 1. The first kappa shape index (κ1) is 17.1. The van der Waals surface area contributed by atoms with Crippen LogP contribution in [0.4, 0.5) is 4.79 Å². The number of para-hydroxylation sites is 1. The van der Waals surface area contributed by atoms with E-state index in [1.54, 1.807) is 7.11 Å². The molecule has 1 aromatic carbocycles. The molecule has 1 aromatic rings. The number of carbonyl (C=O) groups is 1. The largest absolute Gasteiger partial charge is 0.496 e. The van der Waals surface area contributed by atoms with E-state index in [2.05, 4.69) is 10.2 Å². The minimum Gasteiger partial charge on any atom is -0.496 e. The minimum absolute atomic E-state index is 0.0510. The van der Waals surface area contributed by atoms with Crippen molar-refractivity contribution in [3.63, 3.8) is 0 Å². The van der Waals surface area contributed by atoms with Gasteiger partial charge in [0, 0.05) is 24.7 Å². The number of carbonyl (C=O) groups excluding carboxylic acids is 1. The molecule has 2 saturated heterocycles. The summed E-state index contributed by atoms with van der Waals surface area (Å²) in [5.41, 5.74) is 1.02. The van der Waals surface area contributed by atoms with Crippen LogP contribution in [0.25, 0.3) is 0 Å². The summed E-state index contributed by atoms with van der Waals surface area (Å²) in [4.78, 5) is 17.3. The zero-order valence-corrected chi connectivity index (χ0v) is 14.8. The van der Waals surface area contributed by atoms with Gasteiger partial charge in [0.15, 0.2) is 0 Å². The van der Waals surface area contributed by atoms with Gasteiger partial charge in [-0.25, -0.2) is 4.79 Å². The van der Waals surface area contributed by atoms with Crippen LogP contribution < -0.4 is 10.1 Å². The minimum atomic E-state index is -0.0679. The topological polar surface area (TPSA) is 44.8 Å². The second-order valence-electron chi connectivity index (χ2n) is 6.91. The highest BCUT2D eigenvalue weighted by atomic mass is 16.5. The molecule has 24 heavy (non-hydrogen) atoms. The maximum atomic E-state index is 12.8. The molecule has 0 bridgehead atoms. The molecule has 0 radical (unpaired) electrons. The van der Waals surface area contributed by atoms with Crippen molar-refractivity contribution in [3.05, 3.63) is 29.8 Å². The van der Waals surface area contributed by atoms with Gasteiger partial charge in [0.25, 0.3) is 0 Å². The lowest BCUT2D eigenvalue weighted by Gasteiger charge is -2.30. The Hall–Kier alpha value is -1.75. The van der Waals surface area contributed by atoms with Crippen molar-refractivity contribution < 1.29 is 9.53 Å². The van der Waals surface area contributed by atoms with Crippen molar-refractivity contribution in [2.24, 2.45) is 0 Å². The van der Waals surface area contributed by atoms with Crippen LogP contribution in [0.3, 0.4) is 0 Å². The molecule has 2 heterocycles. The Bertz CT molecular complexity index is 557. The summed E-state index contributed by atoms with van der Waals surface area (Å²) in [5, 5.41) is 3.16. The van der Waals surface area contributed by atoms with Crippen LogP contribution in [0.1, 0.15) is 44.2 Å². The molecule has 2 aliphatic heterocycles. The summed E-state index contributed by atoms with van der Waals surface area (Å²) in [5.74, 6) is 0.820. The Balaban J connectivity index is 1.60. The number of ether oxygens (including phenoxy) is 1. The molecule has 0 aliphatic carbocycles. The van der Waals surface area contributed by atoms with Crippen molar-refractivity contribution in [2.45, 2.75) is 44.7 Å². The van der Waals surface area contributed by atoms with Gasteiger partial charge in [0.1, 0.15) is 5.75 Å². The number of hydrogen-bond donors (Lipinski definition) is 1. The molecule has 0 spiro atoms. The van der Waals surface area contributed by atoms with E-state index < -0.39 is 0 Å². The number of nitrogens with zero attached hydrogens (tertiary/aromatic N) is 2. The highest BCUT2D eigenvalue weighted by molar-refractivity contribution is 5.75. The number of benzene rings is 1. The fraction of sp³-hybridized carbons (Fsp3) is 0.632. The van der Waals surface area contributed by atoms with E-state index in [0.29, 0.717) is 6.04 Å². The van der Waals surface area contributed by atoms with Gasteiger partial charge in [0.2, 0.25) is 0 Å². The van der Waals surface area contributed by atoms with Crippen molar-refractivity contribution in [2.75, 3.05) is 33.3 Å². The molecule has 132 valence electrons. The Morgan fingerprint density at radius 1 is 1.25 bits per heavy atom. The number of urea groups is 1. The summed E-state index contributed by atoms with van der Waals surface area (Å²) in [7, 11) is 1.67. The van der Waals surface area contributed by atoms with Crippen LogP contribution in [0.15, 0.2) is 24.3 Å². The smallest absolute Gasteiger partial charge is 0.318 e. The normalized spacial score (nSPS) is 22.6. The lowest BCUT2D eigenvalue weighted by Crippen LogP contribution is -2.47. The van der Waals surface area contributed by atoms with Crippen LogP contribution in [0, 0.1) is 0 Å². The second-order valence-corrected chi connectivity index (χ2v) is 6.91. The molecular formula is C19H29N3O2. The van der Waals surface area contributed by atoms with Crippen molar-refractivity contribution in [3.8, 4) is 5.75 Å². The number of amides is 2. The van der Waals surface area contributed by atoms with E-state index in [0.717, 1.165) is 37.2 Å². The first-order valence-corrected chi connectivity index (χ1v) is 9.11. The first-order chi connectivity index (χ1) is 11.7. The maximum Gasteiger partial charge on any atom is 0.318 e. The van der Waals surface area contributed by atoms with Crippen LogP contribution in [0.2, 0.25) is 0 Å². The molecular weight excluding hydrogens is 302 g/mol. The third kappa shape index (κ3) is 3.83. The molecule has 0 saturated carbocycles. The first-order valence-electron chi connectivity index (χ1n) is 9.11. The summed E-state index contributed by atoms with van der Waals surface area (Å²) in [6.07, 6.45) is 4.81. The third-order valence-corrected chi connectivity index (χ3v) is 5.25. The predicted octanol–water partition coefficient (Wildman–Crippen LogP) is 3.03. The molecule has 2 aliphatic rings. The van der Waals surface area contributed by atoms with E-state index in [4.69, 9.17) is 4.74 Å². The van der Waals surface area contributed by atoms with Crippen molar-refractivity contribution >= 4 is 6.03 Å². The van der Waals surface area contributed by atoms with E-state index in [-0.39, 0.29) is 12.1 Å². The molecule has 5 nitrogen and oxygen atoms in total. The number of rotatable bonds is 5. The van der Waals surface area contributed by atoms with E-state index in [9.17, 15) is 4.79 Å². The Morgan fingerprint density at radius 3 is 2.75 bits per heavy atom. The van der Waals surface area contributed by atoms with E-state index >= 15 is 0 Å². The number of hydrogen-bond acceptors (Lipinski definition) is 3. The van der Waals surface area contributed by atoms with Gasteiger partial charge in [-0.2, -0.15) is 0 Å². The summed E-state index contributed by atoms with van der Waals surface area (Å²) in [6.45, 7) is 6.27. The predicted molar refractivity (Wildman–Crippen MR) is 95.3 cm³/mol. The highest BCUT2D eigenvalue weighted by Gasteiger charge is 2.31. The van der Waals surface area contributed by atoms with Gasteiger partial charge in [-0.05, 0) is 51.8 Å². The van der Waals surface area contributed by atoms with Crippen molar-refractivity contribution in [1.82, 2.24) is 15.1 Å². The fourth-order valence-electron chi connectivity index (χ4n) is 3.93. The van der Waals surface area contributed by atoms with Crippen LogP contribution >= 0.6 is 0 Å². The summed E-state index contributed by atoms with van der Waals surface area (Å²) >= 11 is 0. The van der Waals surface area contributed by atoms with Gasteiger partial charge in [-0.15, -0.1) is 0 Å². The third-order valence-electron chi connectivity index (χ3n) is 5.25. The number of methoxy groups -OCH3 is 1. The maximum absolute atomic E-state index is 12.8. The molecule has 0 aromatic heterocycles. The highest BCUT2D eigenvalue weighted by Crippen LogP contribution is 2.26. The van der Waals surface area contributed by atoms with Crippen LogP contribution in [-0.4, -0.2) is 55.2 Å². The molecule has 0 unspecified atom stereocenters. The Labute approximate surface area is 145 Å². The number of likely N-dealkylation sites (tertiary alicyclic amines) is 2. The van der Waals surface area contributed by atoms with Crippen LogP contribution in [-0.2, 0) is 0 Å². The average molecular weight is 331 g/mol. The molecule has 2 fully saturated rings. The van der Waals surface area contributed by atoms with Gasteiger partial charge in [0.05, 0.1) is 13.2 Å². The zero-order chi connectivity index (χ0) is 16.9. The van der Waals surface area contributed by atoms with Crippen molar-refractivity contribution in [1.29, 1.82) is 0 Å². The van der Waals surface area contributed by atoms with Crippen LogP contribution in [0.5, 0.6) is 5.75 Å². The standard InChI is InChI=1S/C19H29N3O2/c1-15(17-9-3-4-10-18(17)24-2)20-19(23)22-13-7-8-16(22)14-21-11-5-6-12-21/h3-4,9-10,15-16H,5-8,11-14H2,1-2H3,(H,20,23)/t15-,16-/m0/s1. The Kier molecular flexibility index (Phi) is 5.61. The summed E-state index contributed by atoms with van der Waals surface area (Å²) < 4.78 is 5.41. The average Bonchev–Trinajstić information content (AvgIpc) is 3.27. The van der Waals surface area contributed by atoms with Gasteiger partial charge < -0.3 is 19.9 Å².